The number of piperidine rings is 1. The largest absolute Gasteiger partial charge is 0.384 e. The Kier molecular flexibility index (Phi) is 3.72. The Bertz CT molecular complexity index is 383. The summed E-state index contributed by atoms with van der Waals surface area (Å²) in [4.78, 5) is 2.57. The Morgan fingerprint density at radius 1 is 1.41 bits per heavy atom. The van der Waals surface area contributed by atoms with Gasteiger partial charge in [0.05, 0.1) is 5.69 Å². The Hall–Kier alpha value is -1.03. The standard InChI is InChI=1S/C13H24N4/c1-4-11-7-5-6-8-17(11)9-12-10(2)15-16(3)13(12)14/h11H,4-9,14H2,1-3H3. The minimum atomic E-state index is 0.725. The molecular weight excluding hydrogens is 212 g/mol. The van der Waals surface area contributed by atoms with Gasteiger partial charge in [-0.3, -0.25) is 9.58 Å². The monoisotopic (exact) mass is 236 g/mol. The van der Waals surface area contributed by atoms with Gasteiger partial charge in [0.2, 0.25) is 0 Å². The summed E-state index contributed by atoms with van der Waals surface area (Å²) in [6.45, 7) is 6.50. The van der Waals surface area contributed by atoms with E-state index in [1.54, 1.807) is 4.68 Å². The highest BCUT2D eigenvalue weighted by atomic mass is 15.3. The van der Waals surface area contributed by atoms with E-state index in [4.69, 9.17) is 5.73 Å². The molecule has 17 heavy (non-hydrogen) atoms. The van der Waals surface area contributed by atoms with Gasteiger partial charge in [0, 0.05) is 25.2 Å². The lowest BCUT2D eigenvalue weighted by Gasteiger charge is -2.35. The molecule has 1 aromatic heterocycles. The van der Waals surface area contributed by atoms with Crippen molar-refractivity contribution in [3.8, 4) is 0 Å². The number of nitrogens with zero attached hydrogens (tertiary/aromatic N) is 3. The van der Waals surface area contributed by atoms with Crippen LogP contribution in [-0.4, -0.2) is 27.3 Å². The second kappa shape index (κ2) is 5.08. The molecule has 0 saturated carbocycles. The molecule has 0 bridgehead atoms. The molecule has 0 aromatic carbocycles. The first-order valence-electron chi connectivity index (χ1n) is 6.65. The third kappa shape index (κ3) is 2.46. The summed E-state index contributed by atoms with van der Waals surface area (Å²) in [6, 6.07) is 0.725. The minimum Gasteiger partial charge on any atom is -0.384 e. The van der Waals surface area contributed by atoms with Crippen LogP contribution in [0.3, 0.4) is 0 Å². The van der Waals surface area contributed by atoms with Crippen LogP contribution in [0, 0.1) is 6.92 Å². The van der Waals surface area contributed by atoms with Gasteiger partial charge in [0.25, 0.3) is 0 Å². The van der Waals surface area contributed by atoms with Crippen molar-refractivity contribution in [3.05, 3.63) is 11.3 Å². The van der Waals surface area contributed by atoms with E-state index in [1.807, 2.05) is 7.05 Å². The van der Waals surface area contributed by atoms with Gasteiger partial charge in [-0.2, -0.15) is 5.10 Å². The van der Waals surface area contributed by atoms with Crippen LogP contribution in [0.4, 0.5) is 5.82 Å². The lowest BCUT2D eigenvalue weighted by molar-refractivity contribution is 0.136. The van der Waals surface area contributed by atoms with Crippen LogP contribution in [0.25, 0.3) is 0 Å². The van der Waals surface area contributed by atoms with Crippen molar-refractivity contribution in [2.45, 2.75) is 52.1 Å². The van der Waals surface area contributed by atoms with E-state index in [2.05, 4.69) is 23.8 Å². The summed E-state index contributed by atoms with van der Waals surface area (Å²) in [7, 11) is 1.92. The van der Waals surface area contributed by atoms with Crippen LogP contribution in [0.1, 0.15) is 43.9 Å². The molecule has 1 saturated heterocycles. The van der Waals surface area contributed by atoms with Crippen molar-refractivity contribution >= 4 is 5.82 Å². The Morgan fingerprint density at radius 2 is 2.18 bits per heavy atom. The average Bonchev–Trinajstić information content (AvgIpc) is 2.57. The number of anilines is 1. The zero-order chi connectivity index (χ0) is 12.4. The first kappa shape index (κ1) is 12.4. The second-order valence-corrected chi connectivity index (χ2v) is 5.10. The molecule has 1 aromatic rings. The van der Waals surface area contributed by atoms with E-state index in [-0.39, 0.29) is 0 Å². The molecule has 1 aliphatic rings. The van der Waals surface area contributed by atoms with Crippen molar-refractivity contribution in [1.82, 2.24) is 14.7 Å². The predicted molar refractivity (Wildman–Crippen MR) is 70.7 cm³/mol. The zero-order valence-electron chi connectivity index (χ0n) is 11.2. The molecule has 0 aliphatic carbocycles. The first-order chi connectivity index (χ1) is 8.13. The van der Waals surface area contributed by atoms with Crippen LogP contribution >= 0.6 is 0 Å². The van der Waals surface area contributed by atoms with Crippen LogP contribution in [0.5, 0.6) is 0 Å². The highest BCUT2D eigenvalue weighted by Crippen LogP contribution is 2.24. The van der Waals surface area contributed by atoms with E-state index >= 15 is 0 Å². The van der Waals surface area contributed by atoms with Crippen LogP contribution in [-0.2, 0) is 13.6 Å². The van der Waals surface area contributed by atoms with Gasteiger partial charge in [0.1, 0.15) is 5.82 Å². The molecule has 4 heteroatoms. The summed E-state index contributed by atoms with van der Waals surface area (Å²) in [6.07, 6.45) is 5.25. The van der Waals surface area contributed by atoms with Crippen molar-refractivity contribution in [2.75, 3.05) is 12.3 Å². The smallest absolute Gasteiger partial charge is 0.126 e. The summed E-state index contributed by atoms with van der Waals surface area (Å²) < 4.78 is 1.79. The molecule has 1 aliphatic heterocycles. The third-order valence-electron chi connectivity index (χ3n) is 3.98. The maximum absolute atomic E-state index is 6.08. The van der Waals surface area contributed by atoms with Crippen molar-refractivity contribution < 1.29 is 0 Å². The Balaban J connectivity index is 2.13. The number of aryl methyl sites for hydroxylation is 2. The second-order valence-electron chi connectivity index (χ2n) is 5.10. The minimum absolute atomic E-state index is 0.725. The first-order valence-corrected chi connectivity index (χ1v) is 6.65. The van der Waals surface area contributed by atoms with Crippen LogP contribution in [0.2, 0.25) is 0 Å². The number of rotatable bonds is 3. The number of aromatic nitrogens is 2. The van der Waals surface area contributed by atoms with E-state index in [0.29, 0.717) is 0 Å². The molecule has 96 valence electrons. The van der Waals surface area contributed by atoms with Gasteiger partial charge in [-0.1, -0.05) is 13.3 Å². The lowest BCUT2D eigenvalue weighted by Crippen LogP contribution is -2.38. The molecule has 2 heterocycles. The average molecular weight is 236 g/mol. The fourth-order valence-electron chi connectivity index (χ4n) is 2.85. The molecule has 2 rings (SSSR count). The van der Waals surface area contributed by atoms with Gasteiger partial charge < -0.3 is 5.73 Å². The highest BCUT2D eigenvalue weighted by Gasteiger charge is 2.23. The van der Waals surface area contributed by atoms with Gasteiger partial charge in [-0.15, -0.1) is 0 Å². The number of hydrogen-bond donors (Lipinski definition) is 1. The van der Waals surface area contributed by atoms with Crippen LogP contribution in [0.15, 0.2) is 0 Å². The Labute approximate surface area is 104 Å². The fourth-order valence-corrected chi connectivity index (χ4v) is 2.85. The van der Waals surface area contributed by atoms with Crippen LogP contribution < -0.4 is 5.73 Å². The number of hydrogen-bond acceptors (Lipinski definition) is 3. The zero-order valence-corrected chi connectivity index (χ0v) is 11.2. The van der Waals surface area contributed by atoms with E-state index in [9.17, 15) is 0 Å². The maximum atomic E-state index is 6.08. The van der Waals surface area contributed by atoms with E-state index in [1.165, 1.54) is 37.8 Å². The summed E-state index contributed by atoms with van der Waals surface area (Å²) in [5.74, 6) is 0.822. The molecule has 0 spiro atoms. The highest BCUT2D eigenvalue weighted by molar-refractivity contribution is 5.42. The predicted octanol–water partition coefficient (Wildman–Crippen LogP) is 2.08. The third-order valence-corrected chi connectivity index (χ3v) is 3.98. The molecule has 0 radical (unpaired) electrons. The fraction of sp³-hybridized carbons (Fsp3) is 0.769. The van der Waals surface area contributed by atoms with Crippen molar-refractivity contribution in [2.24, 2.45) is 7.05 Å². The Morgan fingerprint density at radius 3 is 2.76 bits per heavy atom. The molecule has 0 amide bonds. The van der Waals surface area contributed by atoms with Crippen molar-refractivity contribution in [3.63, 3.8) is 0 Å². The molecule has 4 nitrogen and oxygen atoms in total. The summed E-state index contributed by atoms with van der Waals surface area (Å²) in [5.41, 5.74) is 8.37. The van der Waals surface area contributed by atoms with E-state index < -0.39 is 0 Å². The maximum Gasteiger partial charge on any atom is 0.126 e. The summed E-state index contributed by atoms with van der Waals surface area (Å²) in [5, 5.41) is 4.39. The summed E-state index contributed by atoms with van der Waals surface area (Å²) >= 11 is 0. The molecule has 1 atom stereocenters. The number of likely N-dealkylation sites (tertiary alicyclic amines) is 1. The molecule has 1 fully saturated rings. The van der Waals surface area contributed by atoms with Crippen molar-refractivity contribution in [1.29, 1.82) is 0 Å². The normalized spacial score (nSPS) is 21.9. The quantitative estimate of drug-likeness (QED) is 0.874. The van der Waals surface area contributed by atoms with Gasteiger partial charge in [-0.05, 0) is 32.7 Å². The lowest BCUT2D eigenvalue weighted by atomic mass is 9.99. The SMILES string of the molecule is CCC1CCCCN1Cc1c(C)nn(C)c1N. The van der Waals surface area contributed by atoms with Gasteiger partial charge in [-0.25, -0.2) is 0 Å². The topological polar surface area (TPSA) is 47.1 Å². The molecular formula is C13H24N4. The van der Waals surface area contributed by atoms with Gasteiger partial charge >= 0.3 is 0 Å². The molecule has 1 unspecified atom stereocenters. The van der Waals surface area contributed by atoms with E-state index in [0.717, 1.165) is 24.1 Å². The number of nitrogens with two attached hydrogens (primary N) is 1. The van der Waals surface area contributed by atoms with Gasteiger partial charge in [0.15, 0.2) is 0 Å². The molecule has 2 N–H and O–H groups in total. The number of nitrogen functional groups attached to an aromatic ring is 1.